The fraction of sp³-hybridized carbons (Fsp3) is 0.625. The predicted molar refractivity (Wildman–Crippen MR) is 77.6 cm³/mol. The van der Waals surface area contributed by atoms with Gasteiger partial charge in [-0.2, -0.15) is 0 Å². The minimum Gasteiger partial charge on any atom is -0.310 e. The fourth-order valence-corrected chi connectivity index (χ4v) is 2.80. The van der Waals surface area contributed by atoms with Crippen molar-refractivity contribution in [2.75, 3.05) is 19.6 Å². The van der Waals surface area contributed by atoms with Crippen molar-refractivity contribution in [3.8, 4) is 0 Å². The summed E-state index contributed by atoms with van der Waals surface area (Å²) < 4.78 is 26.9. The Hall–Kier alpha value is -1.00. The van der Waals surface area contributed by atoms with Gasteiger partial charge in [-0.25, -0.2) is 8.78 Å². The highest BCUT2D eigenvalue weighted by Crippen LogP contribution is 2.21. The lowest BCUT2D eigenvalue weighted by molar-refractivity contribution is 0.263. The van der Waals surface area contributed by atoms with Crippen molar-refractivity contribution in [1.29, 1.82) is 0 Å². The van der Waals surface area contributed by atoms with Crippen molar-refractivity contribution >= 4 is 0 Å². The number of likely N-dealkylation sites (tertiary alicyclic amines) is 1. The molecule has 2 rings (SSSR count). The standard InChI is InChI=1S/C16H24F2N2/c1-11(2)20-7-6-13(10-20)9-19-12(3)15-8-14(17)4-5-16(15)18/h4-5,8,11-13,19H,6-7,9-10H2,1-3H3. The van der Waals surface area contributed by atoms with Crippen LogP contribution in [-0.4, -0.2) is 30.6 Å². The first-order valence-corrected chi connectivity index (χ1v) is 7.39. The minimum absolute atomic E-state index is 0.168. The van der Waals surface area contributed by atoms with Gasteiger partial charge >= 0.3 is 0 Å². The summed E-state index contributed by atoms with van der Waals surface area (Å²) in [7, 11) is 0. The second kappa shape index (κ2) is 6.64. The van der Waals surface area contributed by atoms with Crippen LogP contribution in [-0.2, 0) is 0 Å². The molecule has 0 aromatic heterocycles. The van der Waals surface area contributed by atoms with Gasteiger partial charge in [0, 0.05) is 24.2 Å². The number of nitrogens with zero attached hydrogens (tertiary/aromatic N) is 1. The number of halogens is 2. The van der Waals surface area contributed by atoms with Gasteiger partial charge < -0.3 is 10.2 Å². The van der Waals surface area contributed by atoms with E-state index in [1.54, 1.807) is 0 Å². The molecule has 1 N–H and O–H groups in total. The van der Waals surface area contributed by atoms with Gasteiger partial charge in [0.25, 0.3) is 0 Å². The molecule has 2 unspecified atom stereocenters. The van der Waals surface area contributed by atoms with Crippen LogP contribution < -0.4 is 5.32 Å². The van der Waals surface area contributed by atoms with Crippen LogP contribution in [0.2, 0.25) is 0 Å². The Kier molecular flexibility index (Phi) is 5.11. The van der Waals surface area contributed by atoms with Gasteiger partial charge in [-0.1, -0.05) is 0 Å². The van der Waals surface area contributed by atoms with Crippen molar-refractivity contribution < 1.29 is 8.78 Å². The van der Waals surface area contributed by atoms with Crippen LogP contribution in [0.5, 0.6) is 0 Å². The summed E-state index contributed by atoms with van der Waals surface area (Å²) in [6.45, 7) is 9.37. The van der Waals surface area contributed by atoms with Crippen LogP contribution in [0.15, 0.2) is 18.2 Å². The molecule has 2 atom stereocenters. The zero-order chi connectivity index (χ0) is 14.7. The van der Waals surface area contributed by atoms with E-state index in [9.17, 15) is 8.78 Å². The molecule has 1 saturated heterocycles. The molecular weight excluding hydrogens is 258 g/mol. The summed E-state index contributed by atoms with van der Waals surface area (Å²) in [4.78, 5) is 2.46. The predicted octanol–water partition coefficient (Wildman–Crippen LogP) is 3.35. The number of rotatable bonds is 5. The second-order valence-electron chi connectivity index (χ2n) is 6.04. The molecule has 0 amide bonds. The first-order valence-electron chi connectivity index (χ1n) is 7.39. The molecule has 112 valence electrons. The van der Waals surface area contributed by atoms with Crippen molar-refractivity contribution in [3.05, 3.63) is 35.4 Å². The van der Waals surface area contributed by atoms with Gasteiger partial charge in [0.2, 0.25) is 0 Å². The maximum atomic E-state index is 13.7. The molecule has 0 aliphatic carbocycles. The van der Waals surface area contributed by atoms with Gasteiger partial charge in [-0.05, 0) is 64.4 Å². The molecule has 1 aromatic carbocycles. The van der Waals surface area contributed by atoms with Crippen LogP contribution in [0.3, 0.4) is 0 Å². The van der Waals surface area contributed by atoms with E-state index in [4.69, 9.17) is 0 Å². The summed E-state index contributed by atoms with van der Waals surface area (Å²) in [6.07, 6.45) is 1.17. The topological polar surface area (TPSA) is 15.3 Å². The Balaban J connectivity index is 1.86. The Morgan fingerprint density at radius 1 is 1.30 bits per heavy atom. The smallest absolute Gasteiger partial charge is 0.128 e. The summed E-state index contributed by atoms with van der Waals surface area (Å²) in [6, 6.07) is 4.04. The number of nitrogens with one attached hydrogen (secondary N) is 1. The van der Waals surface area contributed by atoms with E-state index in [2.05, 4.69) is 24.1 Å². The number of hydrogen-bond acceptors (Lipinski definition) is 2. The van der Waals surface area contributed by atoms with Gasteiger partial charge in [-0.15, -0.1) is 0 Å². The first-order chi connectivity index (χ1) is 9.47. The third-order valence-electron chi connectivity index (χ3n) is 4.18. The Labute approximate surface area is 120 Å². The maximum Gasteiger partial charge on any atom is 0.128 e. The highest BCUT2D eigenvalue weighted by molar-refractivity contribution is 5.21. The SMILES string of the molecule is CC(NCC1CCN(C(C)C)C1)c1cc(F)ccc1F. The van der Waals surface area contributed by atoms with Crippen molar-refractivity contribution in [1.82, 2.24) is 10.2 Å². The van der Waals surface area contributed by atoms with E-state index < -0.39 is 0 Å². The molecule has 1 aromatic rings. The largest absolute Gasteiger partial charge is 0.310 e. The highest BCUT2D eigenvalue weighted by Gasteiger charge is 2.24. The third-order valence-corrected chi connectivity index (χ3v) is 4.18. The van der Waals surface area contributed by atoms with Crippen LogP contribution in [0.25, 0.3) is 0 Å². The molecule has 20 heavy (non-hydrogen) atoms. The monoisotopic (exact) mass is 282 g/mol. The van der Waals surface area contributed by atoms with E-state index in [1.165, 1.54) is 18.6 Å². The lowest BCUT2D eigenvalue weighted by atomic mass is 10.1. The van der Waals surface area contributed by atoms with Crippen molar-refractivity contribution in [2.45, 2.75) is 39.3 Å². The average molecular weight is 282 g/mol. The Morgan fingerprint density at radius 2 is 2.05 bits per heavy atom. The van der Waals surface area contributed by atoms with E-state index in [-0.39, 0.29) is 17.7 Å². The molecule has 1 heterocycles. The van der Waals surface area contributed by atoms with Crippen molar-refractivity contribution in [3.63, 3.8) is 0 Å². The van der Waals surface area contributed by atoms with Crippen LogP contribution >= 0.6 is 0 Å². The van der Waals surface area contributed by atoms with Crippen LogP contribution in [0.1, 0.15) is 38.8 Å². The quantitative estimate of drug-likeness (QED) is 0.891. The molecule has 4 heteroatoms. The normalized spacial score (nSPS) is 21.6. The molecule has 0 bridgehead atoms. The molecule has 0 spiro atoms. The molecule has 0 radical (unpaired) electrons. The third kappa shape index (κ3) is 3.76. The van der Waals surface area contributed by atoms with Crippen molar-refractivity contribution in [2.24, 2.45) is 5.92 Å². The fourth-order valence-electron chi connectivity index (χ4n) is 2.80. The summed E-state index contributed by atoms with van der Waals surface area (Å²) in [5.74, 6) is -0.139. The Morgan fingerprint density at radius 3 is 2.70 bits per heavy atom. The van der Waals surface area contributed by atoms with E-state index in [0.29, 0.717) is 17.5 Å². The van der Waals surface area contributed by atoms with Gasteiger partial charge in [0.15, 0.2) is 0 Å². The molecular formula is C16H24F2N2. The van der Waals surface area contributed by atoms with Crippen LogP contribution in [0.4, 0.5) is 8.78 Å². The molecule has 1 fully saturated rings. The van der Waals surface area contributed by atoms with Crippen LogP contribution in [0, 0.1) is 17.6 Å². The highest BCUT2D eigenvalue weighted by atomic mass is 19.1. The molecule has 2 nitrogen and oxygen atoms in total. The lowest BCUT2D eigenvalue weighted by Crippen LogP contribution is -2.31. The minimum atomic E-state index is -0.387. The zero-order valence-corrected chi connectivity index (χ0v) is 12.5. The lowest BCUT2D eigenvalue weighted by Gasteiger charge is -2.21. The van der Waals surface area contributed by atoms with E-state index >= 15 is 0 Å². The zero-order valence-electron chi connectivity index (χ0n) is 12.5. The molecule has 1 aliphatic heterocycles. The Bertz CT molecular complexity index is 448. The number of benzene rings is 1. The summed E-state index contributed by atoms with van der Waals surface area (Å²) in [5.41, 5.74) is 0.406. The van der Waals surface area contributed by atoms with Gasteiger partial charge in [0.05, 0.1) is 0 Å². The van der Waals surface area contributed by atoms with E-state index in [0.717, 1.165) is 25.7 Å². The van der Waals surface area contributed by atoms with Gasteiger partial charge in [0.1, 0.15) is 11.6 Å². The second-order valence-corrected chi connectivity index (χ2v) is 6.04. The molecule has 0 saturated carbocycles. The average Bonchev–Trinajstić information content (AvgIpc) is 2.88. The first kappa shape index (κ1) is 15.4. The maximum absolute atomic E-state index is 13.7. The summed E-state index contributed by atoms with van der Waals surface area (Å²) >= 11 is 0. The van der Waals surface area contributed by atoms with E-state index in [1.807, 2.05) is 6.92 Å². The molecule has 1 aliphatic rings. The number of hydrogen-bond donors (Lipinski definition) is 1. The summed E-state index contributed by atoms with van der Waals surface area (Å²) in [5, 5.41) is 3.34. The van der Waals surface area contributed by atoms with Gasteiger partial charge in [-0.3, -0.25) is 0 Å².